The van der Waals surface area contributed by atoms with Gasteiger partial charge < -0.3 is 10.0 Å². The Morgan fingerprint density at radius 1 is 1.00 bits per heavy atom. The maximum Gasteiger partial charge on any atom is 0.262 e. The van der Waals surface area contributed by atoms with Crippen molar-refractivity contribution in [3.63, 3.8) is 0 Å². The van der Waals surface area contributed by atoms with E-state index in [4.69, 9.17) is 0 Å². The van der Waals surface area contributed by atoms with Crippen LogP contribution in [-0.2, 0) is 16.0 Å². The normalized spacial score (nSPS) is 19.1. The van der Waals surface area contributed by atoms with E-state index in [1.54, 1.807) is 29.2 Å². The topological polar surface area (TPSA) is 57.6 Å². The van der Waals surface area contributed by atoms with Gasteiger partial charge in [0.2, 0.25) is 0 Å². The molecule has 0 aromatic heterocycles. The minimum atomic E-state index is -0.570. The van der Waals surface area contributed by atoms with Gasteiger partial charge in [-0.25, -0.2) is 0 Å². The zero-order valence-electron chi connectivity index (χ0n) is 15.8. The van der Waals surface area contributed by atoms with Gasteiger partial charge in [-0.15, -0.1) is 0 Å². The molecule has 2 aromatic carbocycles. The zero-order chi connectivity index (χ0) is 19.4. The molecule has 1 fully saturated rings. The first kappa shape index (κ1) is 18.9. The SMILES string of the molecule is CC(C)CCN1C(=O)/C(=C(\O)c2ccccc2)C(=O)[C@@H]1Cc1ccccc1. The predicted octanol–water partition coefficient (Wildman–Crippen LogP) is 4.02. The molecule has 1 atom stereocenters. The maximum absolute atomic E-state index is 13.1. The molecule has 0 spiro atoms. The number of Topliss-reactive ketones (excluding diaryl/α,β-unsaturated/α-hetero) is 1. The predicted molar refractivity (Wildman–Crippen MR) is 106 cm³/mol. The maximum atomic E-state index is 13.1. The van der Waals surface area contributed by atoms with Crippen LogP contribution in [-0.4, -0.2) is 34.3 Å². The van der Waals surface area contributed by atoms with Gasteiger partial charge in [-0.2, -0.15) is 0 Å². The molecule has 1 aliphatic heterocycles. The molecule has 1 heterocycles. The molecule has 4 nitrogen and oxygen atoms in total. The van der Waals surface area contributed by atoms with Gasteiger partial charge in [-0.1, -0.05) is 74.5 Å². The number of aliphatic hydroxyl groups is 1. The largest absolute Gasteiger partial charge is 0.506 e. The lowest BCUT2D eigenvalue weighted by Crippen LogP contribution is -2.38. The first-order valence-electron chi connectivity index (χ1n) is 9.36. The summed E-state index contributed by atoms with van der Waals surface area (Å²) < 4.78 is 0. The van der Waals surface area contributed by atoms with Gasteiger partial charge in [0, 0.05) is 18.5 Å². The minimum Gasteiger partial charge on any atom is -0.506 e. The van der Waals surface area contributed by atoms with Crippen molar-refractivity contribution in [2.45, 2.75) is 32.7 Å². The molecule has 0 radical (unpaired) electrons. The summed E-state index contributed by atoms with van der Waals surface area (Å²) in [4.78, 5) is 27.8. The molecule has 1 saturated heterocycles. The lowest BCUT2D eigenvalue weighted by atomic mass is 9.99. The number of nitrogens with zero attached hydrogens (tertiary/aromatic N) is 1. The van der Waals surface area contributed by atoms with Crippen LogP contribution in [0.3, 0.4) is 0 Å². The van der Waals surface area contributed by atoms with E-state index >= 15 is 0 Å². The molecule has 140 valence electrons. The zero-order valence-corrected chi connectivity index (χ0v) is 15.8. The Morgan fingerprint density at radius 3 is 2.19 bits per heavy atom. The van der Waals surface area contributed by atoms with Crippen LogP contribution >= 0.6 is 0 Å². The van der Waals surface area contributed by atoms with E-state index in [0.29, 0.717) is 24.4 Å². The molecule has 1 N–H and O–H groups in total. The Hall–Kier alpha value is -2.88. The van der Waals surface area contributed by atoms with Gasteiger partial charge in [0.1, 0.15) is 11.3 Å². The molecule has 3 rings (SSSR count). The highest BCUT2D eigenvalue weighted by Gasteiger charge is 2.44. The second kappa shape index (κ2) is 8.21. The van der Waals surface area contributed by atoms with Crippen molar-refractivity contribution >= 4 is 17.4 Å². The van der Waals surface area contributed by atoms with Crippen molar-refractivity contribution < 1.29 is 14.7 Å². The summed E-state index contributed by atoms with van der Waals surface area (Å²) in [6.45, 7) is 4.69. The summed E-state index contributed by atoms with van der Waals surface area (Å²) in [5.74, 6) is -0.478. The van der Waals surface area contributed by atoms with E-state index in [0.717, 1.165) is 12.0 Å². The summed E-state index contributed by atoms with van der Waals surface area (Å²) in [6.07, 6.45) is 1.26. The Balaban J connectivity index is 1.97. The number of carbonyl (C=O) groups is 2. The molecular weight excluding hydrogens is 338 g/mol. The van der Waals surface area contributed by atoms with Gasteiger partial charge in [0.25, 0.3) is 5.91 Å². The highest BCUT2D eigenvalue weighted by atomic mass is 16.3. The first-order valence-corrected chi connectivity index (χ1v) is 9.36. The highest BCUT2D eigenvalue weighted by molar-refractivity contribution is 6.30. The smallest absolute Gasteiger partial charge is 0.262 e. The minimum absolute atomic E-state index is 0.0918. The van der Waals surface area contributed by atoms with E-state index in [-0.39, 0.29) is 23.0 Å². The number of aliphatic hydroxyl groups excluding tert-OH is 1. The van der Waals surface area contributed by atoms with E-state index in [1.807, 2.05) is 36.4 Å². The van der Waals surface area contributed by atoms with E-state index < -0.39 is 6.04 Å². The molecule has 1 aliphatic rings. The average Bonchev–Trinajstić information content (AvgIpc) is 2.90. The van der Waals surface area contributed by atoms with Crippen LogP contribution in [0.15, 0.2) is 66.2 Å². The number of rotatable bonds is 6. The van der Waals surface area contributed by atoms with Crippen LogP contribution in [0, 0.1) is 5.92 Å². The number of carbonyl (C=O) groups excluding carboxylic acids is 2. The van der Waals surface area contributed by atoms with Crippen LogP contribution < -0.4 is 0 Å². The van der Waals surface area contributed by atoms with Gasteiger partial charge in [-0.05, 0) is 17.9 Å². The summed E-state index contributed by atoms with van der Waals surface area (Å²) in [7, 11) is 0. The van der Waals surface area contributed by atoms with Crippen molar-refractivity contribution in [1.82, 2.24) is 4.90 Å². The first-order chi connectivity index (χ1) is 13.0. The Labute approximate surface area is 160 Å². The molecule has 0 aliphatic carbocycles. The van der Waals surface area contributed by atoms with Crippen LogP contribution in [0.2, 0.25) is 0 Å². The van der Waals surface area contributed by atoms with Crippen molar-refractivity contribution in [2.24, 2.45) is 5.92 Å². The molecule has 2 aromatic rings. The molecule has 0 unspecified atom stereocenters. The lowest BCUT2D eigenvalue weighted by molar-refractivity contribution is -0.127. The fourth-order valence-electron chi connectivity index (χ4n) is 3.35. The van der Waals surface area contributed by atoms with Crippen LogP contribution in [0.1, 0.15) is 31.4 Å². The lowest BCUT2D eigenvalue weighted by Gasteiger charge is -2.24. The van der Waals surface area contributed by atoms with E-state index in [1.165, 1.54) is 0 Å². The van der Waals surface area contributed by atoms with Gasteiger partial charge in [-0.3, -0.25) is 9.59 Å². The molecule has 27 heavy (non-hydrogen) atoms. The quantitative estimate of drug-likeness (QED) is 0.479. The number of hydrogen-bond acceptors (Lipinski definition) is 3. The number of ketones is 1. The average molecular weight is 363 g/mol. The van der Waals surface area contributed by atoms with E-state index in [2.05, 4.69) is 13.8 Å². The third-order valence-corrected chi connectivity index (χ3v) is 4.90. The third-order valence-electron chi connectivity index (χ3n) is 4.90. The van der Waals surface area contributed by atoms with Gasteiger partial charge in [0.15, 0.2) is 5.78 Å². The van der Waals surface area contributed by atoms with Crippen LogP contribution in [0.4, 0.5) is 0 Å². The summed E-state index contributed by atoms with van der Waals surface area (Å²) in [6, 6.07) is 17.9. The summed E-state index contributed by atoms with van der Waals surface area (Å²) in [5.41, 5.74) is 1.39. The molecule has 4 heteroatoms. The molecule has 1 amide bonds. The number of likely N-dealkylation sites (tertiary alicyclic amines) is 1. The Morgan fingerprint density at radius 2 is 1.59 bits per heavy atom. The van der Waals surface area contributed by atoms with Crippen molar-refractivity contribution in [1.29, 1.82) is 0 Å². The van der Waals surface area contributed by atoms with Gasteiger partial charge in [0.05, 0.1) is 6.04 Å². The standard InChI is InChI=1S/C23H25NO3/c1-16(2)13-14-24-19(15-17-9-5-3-6-10-17)22(26)20(23(24)27)21(25)18-11-7-4-8-12-18/h3-12,16,19,25H,13-15H2,1-2H3/b21-20-/t19-/m0/s1. The fraction of sp³-hybridized carbons (Fsp3) is 0.304. The van der Waals surface area contributed by atoms with Crippen LogP contribution in [0.25, 0.3) is 5.76 Å². The molecule has 0 bridgehead atoms. The van der Waals surface area contributed by atoms with Crippen LogP contribution in [0.5, 0.6) is 0 Å². The second-order valence-corrected chi connectivity index (χ2v) is 7.34. The van der Waals surface area contributed by atoms with Crippen molar-refractivity contribution in [2.75, 3.05) is 6.54 Å². The van der Waals surface area contributed by atoms with Crippen molar-refractivity contribution in [3.05, 3.63) is 77.4 Å². The third kappa shape index (κ3) is 4.11. The molecule has 0 saturated carbocycles. The Bertz CT molecular complexity index is 840. The summed E-state index contributed by atoms with van der Waals surface area (Å²) in [5, 5.41) is 10.7. The van der Waals surface area contributed by atoms with E-state index in [9.17, 15) is 14.7 Å². The summed E-state index contributed by atoms with van der Waals surface area (Å²) >= 11 is 0. The second-order valence-electron chi connectivity index (χ2n) is 7.34. The highest BCUT2D eigenvalue weighted by Crippen LogP contribution is 2.29. The number of amides is 1. The fourth-order valence-corrected chi connectivity index (χ4v) is 3.35. The number of benzene rings is 2. The van der Waals surface area contributed by atoms with Gasteiger partial charge >= 0.3 is 0 Å². The molecular formula is C23H25NO3. The Kier molecular flexibility index (Phi) is 5.75. The number of hydrogen-bond donors (Lipinski definition) is 1. The van der Waals surface area contributed by atoms with Crippen molar-refractivity contribution in [3.8, 4) is 0 Å². The monoisotopic (exact) mass is 363 g/mol.